The quantitative estimate of drug-likeness (QED) is 0.562. The fourth-order valence-electron chi connectivity index (χ4n) is 3.07. The van der Waals surface area contributed by atoms with E-state index in [1.165, 1.54) is 41.9 Å². The van der Waals surface area contributed by atoms with E-state index in [0.717, 1.165) is 27.0 Å². The fraction of sp³-hybridized carbons (Fsp3) is 0.105. The van der Waals surface area contributed by atoms with E-state index in [1.54, 1.807) is 23.6 Å². The van der Waals surface area contributed by atoms with E-state index in [1.807, 2.05) is 6.92 Å². The van der Waals surface area contributed by atoms with Crippen molar-refractivity contribution < 1.29 is 12.8 Å². The van der Waals surface area contributed by atoms with Gasteiger partial charge in [0.15, 0.2) is 0 Å². The summed E-state index contributed by atoms with van der Waals surface area (Å²) in [6, 6.07) is 9.35. The van der Waals surface area contributed by atoms with Crippen molar-refractivity contribution in [3.63, 3.8) is 0 Å². The summed E-state index contributed by atoms with van der Waals surface area (Å²) in [5.41, 5.74) is 2.65. The van der Waals surface area contributed by atoms with Crippen LogP contribution in [0.4, 0.5) is 4.39 Å². The van der Waals surface area contributed by atoms with E-state index in [2.05, 4.69) is 9.97 Å². The maximum Gasteiger partial charge on any atom is 0.209 e. The first kappa shape index (κ1) is 16.9. The van der Waals surface area contributed by atoms with E-state index < -0.39 is 9.84 Å². The number of aromatic amines is 1. The van der Waals surface area contributed by atoms with Crippen LogP contribution < -0.4 is 0 Å². The molecule has 0 saturated heterocycles. The van der Waals surface area contributed by atoms with E-state index in [9.17, 15) is 12.8 Å². The maximum absolute atomic E-state index is 13.7. The zero-order chi connectivity index (χ0) is 18.3. The molecule has 1 aromatic carbocycles. The molecule has 3 heterocycles. The van der Waals surface area contributed by atoms with Gasteiger partial charge in [0, 0.05) is 40.3 Å². The summed E-state index contributed by atoms with van der Waals surface area (Å²) in [4.78, 5) is 8.31. The van der Waals surface area contributed by atoms with Crippen molar-refractivity contribution >= 4 is 32.1 Å². The molecular formula is C19H15FN2O2S2. The van der Waals surface area contributed by atoms with Crippen molar-refractivity contribution in [2.45, 2.75) is 23.1 Å². The topological polar surface area (TPSA) is 62.8 Å². The van der Waals surface area contributed by atoms with Crippen LogP contribution >= 0.6 is 11.3 Å². The molecule has 4 rings (SSSR count). The lowest BCUT2D eigenvalue weighted by molar-refractivity contribution is 0.595. The molecule has 1 N–H and O–H groups in total. The monoisotopic (exact) mass is 386 g/mol. The second kappa shape index (κ2) is 6.34. The van der Waals surface area contributed by atoms with Gasteiger partial charge in [-0.3, -0.25) is 4.98 Å². The summed E-state index contributed by atoms with van der Waals surface area (Å²) in [7, 11) is -3.64. The summed E-state index contributed by atoms with van der Waals surface area (Å²) in [6.45, 7) is 1.91. The van der Waals surface area contributed by atoms with E-state index >= 15 is 0 Å². The molecule has 4 aromatic rings. The molecule has 0 unspecified atom stereocenters. The largest absolute Gasteiger partial charge is 0.358 e. The number of benzene rings is 1. The molecule has 132 valence electrons. The highest BCUT2D eigenvalue weighted by Crippen LogP contribution is 2.32. The first-order valence-corrected chi connectivity index (χ1v) is 10.3. The number of rotatable bonds is 4. The van der Waals surface area contributed by atoms with Crippen LogP contribution in [0.3, 0.4) is 0 Å². The predicted molar refractivity (Wildman–Crippen MR) is 99.8 cm³/mol. The Morgan fingerprint density at radius 1 is 1.23 bits per heavy atom. The number of halogens is 1. The smallest absolute Gasteiger partial charge is 0.209 e. The second-order valence-electron chi connectivity index (χ2n) is 6.00. The van der Waals surface area contributed by atoms with Gasteiger partial charge in [-0.15, -0.1) is 11.3 Å². The van der Waals surface area contributed by atoms with Crippen molar-refractivity contribution in [2.24, 2.45) is 0 Å². The van der Waals surface area contributed by atoms with Gasteiger partial charge in [0.25, 0.3) is 0 Å². The van der Waals surface area contributed by atoms with Gasteiger partial charge in [0.2, 0.25) is 9.84 Å². The molecule has 0 saturated carbocycles. The molecule has 0 amide bonds. The van der Waals surface area contributed by atoms with Gasteiger partial charge in [-0.1, -0.05) is 0 Å². The molecule has 0 bridgehead atoms. The summed E-state index contributed by atoms with van der Waals surface area (Å²) < 4.78 is 39.6. The molecule has 0 radical (unpaired) electrons. The molecule has 26 heavy (non-hydrogen) atoms. The Morgan fingerprint density at radius 2 is 2.08 bits per heavy atom. The Kier molecular flexibility index (Phi) is 4.13. The van der Waals surface area contributed by atoms with Gasteiger partial charge >= 0.3 is 0 Å². The van der Waals surface area contributed by atoms with Crippen LogP contribution in [-0.4, -0.2) is 18.4 Å². The molecule has 4 nitrogen and oxygen atoms in total. The first-order chi connectivity index (χ1) is 12.5. The van der Waals surface area contributed by atoms with Crippen molar-refractivity contribution in [2.75, 3.05) is 0 Å². The first-order valence-electron chi connectivity index (χ1n) is 7.95. The summed E-state index contributed by atoms with van der Waals surface area (Å²) in [5, 5.41) is 2.55. The van der Waals surface area contributed by atoms with Gasteiger partial charge in [0.1, 0.15) is 5.82 Å². The number of hydrogen-bond donors (Lipinski definition) is 1. The normalized spacial score (nSPS) is 11.9. The Labute approximate surface area is 154 Å². The third kappa shape index (κ3) is 2.83. The number of hydrogen-bond acceptors (Lipinski definition) is 4. The Hall–Kier alpha value is -2.51. The number of H-pyrrole nitrogens is 1. The van der Waals surface area contributed by atoms with Crippen LogP contribution in [0.2, 0.25) is 0 Å². The molecule has 0 aliphatic heterocycles. The zero-order valence-electron chi connectivity index (χ0n) is 13.9. The van der Waals surface area contributed by atoms with E-state index in [4.69, 9.17) is 0 Å². The van der Waals surface area contributed by atoms with Crippen LogP contribution in [0.15, 0.2) is 64.0 Å². The van der Waals surface area contributed by atoms with Gasteiger partial charge in [0.05, 0.1) is 9.79 Å². The Balaban J connectivity index is 1.80. The lowest BCUT2D eigenvalue weighted by Gasteiger charge is -2.06. The van der Waals surface area contributed by atoms with Crippen LogP contribution in [0, 0.1) is 12.7 Å². The van der Waals surface area contributed by atoms with Gasteiger partial charge in [-0.25, -0.2) is 12.8 Å². The van der Waals surface area contributed by atoms with Gasteiger partial charge in [-0.2, -0.15) is 0 Å². The number of nitrogens with zero attached hydrogens (tertiary/aromatic N) is 1. The van der Waals surface area contributed by atoms with Crippen LogP contribution in [0.25, 0.3) is 10.9 Å². The lowest BCUT2D eigenvalue weighted by atomic mass is 10.1. The minimum atomic E-state index is -3.64. The minimum Gasteiger partial charge on any atom is -0.358 e. The van der Waals surface area contributed by atoms with Crippen molar-refractivity contribution in [3.8, 4) is 0 Å². The van der Waals surface area contributed by atoms with Gasteiger partial charge in [-0.05, 0) is 54.3 Å². The fourth-order valence-corrected chi connectivity index (χ4v) is 5.74. The molecule has 7 heteroatoms. The van der Waals surface area contributed by atoms with Gasteiger partial charge < -0.3 is 4.98 Å². The van der Waals surface area contributed by atoms with Crippen molar-refractivity contribution in [1.29, 1.82) is 0 Å². The summed E-state index contributed by atoms with van der Waals surface area (Å²) >= 11 is 1.38. The van der Waals surface area contributed by atoms with Crippen LogP contribution in [0.1, 0.15) is 16.1 Å². The standard InChI is InChI=1S/C19H15FN2O2S2/c1-12-15(16-9-13(20)4-5-17(16)22-12)10-18-19(6-8-25-18)26(23,24)14-3-2-7-21-11-14/h2-9,11,22H,10H2,1H3. The Morgan fingerprint density at radius 3 is 2.85 bits per heavy atom. The molecule has 0 aliphatic carbocycles. The molecule has 0 fully saturated rings. The molecular weight excluding hydrogens is 371 g/mol. The predicted octanol–water partition coefficient (Wildman–Crippen LogP) is 4.50. The SMILES string of the molecule is Cc1[nH]c2ccc(F)cc2c1Cc1sccc1S(=O)(=O)c1cccnc1. The average molecular weight is 386 g/mol. The minimum absolute atomic E-state index is 0.168. The highest BCUT2D eigenvalue weighted by molar-refractivity contribution is 7.91. The maximum atomic E-state index is 13.7. The Bertz CT molecular complexity index is 1190. The summed E-state index contributed by atoms with van der Waals surface area (Å²) in [5.74, 6) is -0.313. The number of thiophene rings is 1. The van der Waals surface area contributed by atoms with Crippen LogP contribution in [-0.2, 0) is 16.3 Å². The van der Waals surface area contributed by atoms with Crippen LogP contribution in [0.5, 0.6) is 0 Å². The van der Waals surface area contributed by atoms with Crippen molar-refractivity contribution in [3.05, 3.63) is 76.1 Å². The number of aryl methyl sites for hydroxylation is 1. The molecule has 0 aliphatic rings. The molecule has 0 spiro atoms. The second-order valence-corrected chi connectivity index (χ2v) is 8.91. The van der Waals surface area contributed by atoms with Crippen molar-refractivity contribution in [1.82, 2.24) is 9.97 Å². The highest BCUT2D eigenvalue weighted by Gasteiger charge is 2.23. The number of nitrogens with one attached hydrogen (secondary N) is 1. The van der Waals surface area contributed by atoms with E-state index in [0.29, 0.717) is 6.42 Å². The summed E-state index contributed by atoms with van der Waals surface area (Å²) in [6.07, 6.45) is 3.31. The third-order valence-electron chi connectivity index (χ3n) is 4.36. The highest BCUT2D eigenvalue weighted by atomic mass is 32.2. The number of aromatic nitrogens is 2. The zero-order valence-corrected chi connectivity index (χ0v) is 15.5. The lowest BCUT2D eigenvalue weighted by Crippen LogP contribution is -2.04. The van der Waals surface area contributed by atoms with E-state index in [-0.39, 0.29) is 15.6 Å². The third-order valence-corrected chi connectivity index (χ3v) is 7.23. The number of fused-ring (bicyclic) bond motifs is 1. The number of pyridine rings is 1. The average Bonchev–Trinajstić information content (AvgIpc) is 3.22. The molecule has 0 atom stereocenters. The molecule has 3 aromatic heterocycles. The number of sulfone groups is 1.